The van der Waals surface area contributed by atoms with Gasteiger partial charge in [0, 0.05) is 18.7 Å². The van der Waals surface area contributed by atoms with Gasteiger partial charge in [0.1, 0.15) is 0 Å². The van der Waals surface area contributed by atoms with Gasteiger partial charge in [-0.05, 0) is 18.6 Å². The van der Waals surface area contributed by atoms with E-state index in [0.29, 0.717) is 16.9 Å². The summed E-state index contributed by atoms with van der Waals surface area (Å²) >= 11 is 0. The zero-order chi connectivity index (χ0) is 16.7. The third-order valence-corrected chi connectivity index (χ3v) is 4.40. The Balaban J connectivity index is 0.00000264. The zero-order valence-corrected chi connectivity index (χ0v) is 15.8. The van der Waals surface area contributed by atoms with E-state index in [2.05, 4.69) is 0 Å². The summed E-state index contributed by atoms with van der Waals surface area (Å²) in [7, 11) is -2.62. The first-order valence-corrected chi connectivity index (χ1v) is 8.08. The summed E-state index contributed by atoms with van der Waals surface area (Å²) in [4.78, 5) is 0. The molecule has 10 heteroatoms. The van der Waals surface area contributed by atoms with Crippen molar-refractivity contribution in [2.75, 3.05) is 5.75 Å². The van der Waals surface area contributed by atoms with E-state index in [0.717, 1.165) is 12.1 Å². The van der Waals surface area contributed by atoms with E-state index < -0.39 is 27.6 Å². The van der Waals surface area contributed by atoms with Crippen molar-refractivity contribution in [2.24, 2.45) is 7.05 Å². The molecule has 122 valence electrons. The molecule has 0 spiro atoms. The predicted octanol–water partition coefficient (Wildman–Crippen LogP) is -1.27. The quantitative estimate of drug-likeness (QED) is 0.389. The average molecular weight is 359 g/mol. The first-order valence-electron chi connectivity index (χ1n) is 6.50. The minimum atomic E-state index is -4.45. The van der Waals surface area contributed by atoms with Gasteiger partial charge >= 0.3 is 35.7 Å². The van der Waals surface area contributed by atoms with Crippen LogP contribution in [0.4, 0.5) is 13.2 Å². The summed E-state index contributed by atoms with van der Waals surface area (Å²) in [5.74, 6) is 0.132. The summed E-state index contributed by atoms with van der Waals surface area (Å²) in [6.07, 6.45) is -4.40. The van der Waals surface area contributed by atoms with Crippen molar-refractivity contribution in [2.45, 2.75) is 26.1 Å². The number of hydrogen-bond acceptors (Lipinski definition) is 3. The van der Waals surface area contributed by atoms with Crippen molar-refractivity contribution in [1.82, 2.24) is 4.57 Å². The van der Waals surface area contributed by atoms with E-state index in [1.165, 1.54) is 6.07 Å². The topological polar surface area (TPSA) is 66.0 Å². The molecule has 0 aliphatic rings. The Morgan fingerprint density at radius 3 is 2.43 bits per heavy atom. The van der Waals surface area contributed by atoms with Gasteiger partial charge in [-0.2, -0.15) is 13.2 Å². The maximum Gasteiger partial charge on any atom is 1.00 e. The first-order chi connectivity index (χ1) is 10.0. The molecule has 1 aromatic heterocycles. The Kier molecular flexibility index (Phi) is 6.31. The second kappa shape index (κ2) is 7.10. The maximum atomic E-state index is 12.8. The number of benzene rings is 1. The molecule has 0 amide bonds. The van der Waals surface area contributed by atoms with Gasteiger partial charge < -0.3 is 4.55 Å². The molecule has 5 nitrogen and oxygen atoms in total. The Bertz CT molecular complexity index is 816. The van der Waals surface area contributed by atoms with Crippen LogP contribution in [-0.2, 0) is 29.9 Å². The third-order valence-electron chi connectivity index (χ3n) is 3.61. The molecule has 0 saturated heterocycles. The Morgan fingerprint density at radius 1 is 1.30 bits per heavy atom. The van der Waals surface area contributed by atoms with Gasteiger partial charge in [-0.1, -0.05) is 0 Å². The Hall–Kier alpha value is -0.610. The van der Waals surface area contributed by atoms with Gasteiger partial charge in [0.25, 0.3) is 5.82 Å². The molecule has 0 radical (unpaired) electrons. The number of aromatic nitrogens is 2. The van der Waals surface area contributed by atoms with Crippen LogP contribution in [0.2, 0.25) is 0 Å². The van der Waals surface area contributed by atoms with E-state index in [1.54, 1.807) is 23.1 Å². The molecule has 0 bridgehead atoms. The molecular weight excluding hydrogens is 344 g/mol. The third kappa shape index (κ3) is 4.69. The van der Waals surface area contributed by atoms with Crippen LogP contribution in [0.1, 0.15) is 17.8 Å². The molecule has 0 unspecified atom stereocenters. The molecule has 23 heavy (non-hydrogen) atoms. The van der Waals surface area contributed by atoms with Crippen LogP contribution < -0.4 is 34.1 Å². The van der Waals surface area contributed by atoms with Crippen LogP contribution in [-0.4, -0.2) is 23.3 Å². The number of aryl methyl sites for hydroxylation is 2. The number of hydrogen-bond donors (Lipinski definition) is 0. The average Bonchev–Trinajstić information content (AvgIpc) is 2.61. The van der Waals surface area contributed by atoms with Gasteiger partial charge in [0.15, 0.2) is 11.0 Å². The smallest absolute Gasteiger partial charge is 0.748 e. The minimum absolute atomic E-state index is 0. The fourth-order valence-corrected chi connectivity index (χ4v) is 2.89. The minimum Gasteiger partial charge on any atom is -0.748 e. The Labute approximate surface area is 154 Å². The van der Waals surface area contributed by atoms with Crippen molar-refractivity contribution < 1.29 is 60.3 Å². The van der Waals surface area contributed by atoms with Crippen molar-refractivity contribution >= 4 is 21.2 Å². The summed E-state index contributed by atoms with van der Waals surface area (Å²) in [5.41, 5.74) is 0.199. The van der Waals surface area contributed by atoms with Crippen LogP contribution in [0.15, 0.2) is 18.2 Å². The van der Waals surface area contributed by atoms with Crippen molar-refractivity contribution in [3.05, 3.63) is 29.6 Å². The van der Waals surface area contributed by atoms with E-state index in [-0.39, 0.29) is 42.5 Å². The number of halogens is 3. The molecule has 0 aliphatic carbocycles. The normalized spacial score (nSPS) is 12.4. The van der Waals surface area contributed by atoms with Crippen molar-refractivity contribution in [3.63, 3.8) is 0 Å². The molecule has 0 aliphatic heterocycles. The van der Waals surface area contributed by atoms with Crippen LogP contribution in [0.25, 0.3) is 11.0 Å². The molecule has 2 rings (SSSR count). The van der Waals surface area contributed by atoms with Crippen LogP contribution >= 0.6 is 0 Å². The second-order valence-corrected chi connectivity index (χ2v) is 6.60. The van der Waals surface area contributed by atoms with Gasteiger partial charge in [0.05, 0.1) is 29.3 Å². The number of rotatable bonds is 4. The van der Waals surface area contributed by atoms with Crippen LogP contribution in [0, 0.1) is 6.92 Å². The number of fused-ring (bicyclic) bond motifs is 1. The molecule has 2 aromatic rings. The standard InChI is InChI=1S/C13H15F3N2O3S.Na/c1-9-17(2)11-5-4-10(13(14,15)16)8-12(11)18(9)6-3-7-22(19,20)21;/h4-5,8H,3,6-7H2,1-2H3;/q;+1. The fourth-order valence-electron chi connectivity index (χ4n) is 2.41. The number of alkyl halides is 3. The maximum absolute atomic E-state index is 12.8. The second-order valence-electron chi connectivity index (χ2n) is 5.07. The summed E-state index contributed by atoms with van der Waals surface area (Å²) < 4.78 is 73.7. The largest absolute Gasteiger partial charge is 1.00 e. The monoisotopic (exact) mass is 359 g/mol. The number of imidazole rings is 1. The van der Waals surface area contributed by atoms with Gasteiger partial charge in [-0.3, -0.25) is 0 Å². The zero-order valence-electron chi connectivity index (χ0n) is 13.0. The van der Waals surface area contributed by atoms with E-state index in [1.807, 2.05) is 0 Å². The summed E-state index contributed by atoms with van der Waals surface area (Å²) in [6.45, 7) is 1.88. The molecule has 0 saturated carbocycles. The molecule has 1 heterocycles. The molecule has 0 N–H and O–H groups in total. The molecule has 0 fully saturated rings. The first kappa shape index (κ1) is 20.4. The fraction of sp³-hybridized carbons (Fsp3) is 0.462. The van der Waals surface area contributed by atoms with E-state index in [4.69, 9.17) is 0 Å². The van der Waals surface area contributed by atoms with Gasteiger partial charge in [-0.15, -0.1) is 0 Å². The van der Waals surface area contributed by atoms with Gasteiger partial charge in [0.2, 0.25) is 0 Å². The summed E-state index contributed by atoms with van der Waals surface area (Å²) in [5, 5.41) is 0. The summed E-state index contributed by atoms with van der Waals surface area (Å²) in [6, 6.07) is 3.42. The Morgan fingerprint density at radius 2 is 1.91 bits per heavy atom. The predicted molar refractivity (Wildman–Crippen MR) is 72.0 cm³/mol. The molecule has 0 atom stereocenters. The van der Waals surface area contributed by atoms with Gasteiger partial charge in [-0.25, -0.2) is 17.6 Å². The molecular formula is C13H15F3N2NaO3S+. The van der Waals surface area contributed by atoms with E-state index >= 15 is 0 Å². The van der Waals surface area contributed by atoms with Crippen molar-refractivity contribution in [1.29, 1.82) is 0 Å². The van der Waals surface area contributed by atoms with Crippen molar-refractivity contribution in [3.8, 4) is 0 Å². The van der Waals surface area contributed by atoms with Crippen LogP contribution in [0.5, 0.6) is 0 Å². The SMILES string of the molecule is Cc1n(CCCS(=O)(=O)[O-])c2cc(C(F)(F)F)ccc2[n+]1C.[Na+]. The number of nitrogens with zero attached hydrogens (tertiary/aromatic N) is 2. The van der Waals surface area contributed by atoms with E-state index in [9.17, 15) is 26.1 Å². The van der Waals surface area contributed by atoms with Crippen LogP contribution in [0.3, 0.4) is 0 Å². The molecule has 1 aromatic carbocycles.